The first-order valence-electron chi connectivity index (χ1n) is 5.73. The Kier molecular flexibility index (Phi) is 5.16. The van der Waals surface area contributed by atoms with Crippen LogP contribution in [0.15, 0.2) is 30.3 Å². The van der Waals surface area contributed by atoms with Crippen molar-refractivity contribution < 1.29 is 4.79 Å². The molecule has 7 heteroatoms. The molecule has 2 amide bonds. The maximum Gasteiger partial charge on any atom is 0.319 e. The number of anilines is 1. The summed E-state index contributed by atoms with van der Waals surface area (Å²) < 4.78 is 0.690. The van der Waals surface area contributed by atoms with Crippen molar-refractivity contribution in [3.8, 4) is 0 Å². The largest absolute Gasteiger partial charge is 0.331 e. The summed E-state index contributed by atoms with van der Waals surface area (Å²) in [5.74, 6) is 0. The quantitative estimate of drug-likeness (QED) is 0.745. The highest BCUT2D eigenvalue weighted by Crippen LogP contribution is 2.27. The third kappa shape index (κ3) is 4.03. The monoisotopic (exact) mass is 348 g/mol. The van der Waals surface area contributed by atoms with Crippen LogP contribution in [0, 0.1) is 0 Å². The topological polar surface area (TPSA) is 41.1 Å². The highest BCUT2D eigenvalue weighted by atomic mass is 35.5. The van der Waals surface area contributed by atoms with Crippen LogP contribution in [0.25, 0.3) is 0 Å². The lowest BCUT2D eigenvalue weighted by Crippen LogP contribution is -2.30. The van der Waals surface area contributed by atoms with E-state index in [9.17, 15) is 4.79 Å². The van der Waals surface area contributed by atoms with Gasteiger partial charge in [-0.1, -0.05) is 34.8 Å². The Morgan fingerprint density at radius 3 is 2.55 bits per heavy atom. The van der Waals surface area contributed by atoms with Gasteiger partial charge in [-0.2, -0.15) is 0 Å². The first-order valence-corrected chi connectivity index (χ1v) is 7.68. The molecule has 3 nitrogen and oxygen atoms in total. The molecule has 0 spiro atoms. The number of hydrogen-bond acceptors (Lipinski definition) is 2. The van der Waals surface area contributed by atoms with Crippen LogP contribution < -0.4 is 10.6 Å². The van der Waals surface area contributed by atoms with Gasteiger partial charge < -0.3 is 10.6 Å². The normalized spacial score (nSPS) is 12.0. The lowest BCUT2D eigenvalue weighted by atomic mass is 10.3. The summed E-state index contributed by atoms with van der Waals surface area (Å²) in [5.41, 5.74) is 0.505. The van der Waals surface area contributed by atoms with Crippen molar-refractivity contribution >= 4 is 57.9 Å². The Hall–Kier alpha value is -0.940. The lowest BCUT2D eigenvalue weighted by molar-refractivity contribution is 0.249. The standard InChI is InChI=1S/C13H11Cl3N2OS/c1-7(11-4-5-12(16)20-11)17-13(19)18-10-3-2-8(14)6-9(10)15/h2-7H,1H3,(H2,17,18,19)/t7-/m0/s1. The zero-order chi connectivity index (χ0) is 14.7. The van der Waals surface area contributed by atoms with Crippen molar-refractivity contribution in [2.75, 3.05) is 5.32 Å². The summed E-state index contributed by atoms with van der Waals surface area (Å²) in [6.45, 7) is 1.88. The van der Waals surface area contributed by atoms with Gasteiger partial charge in [0.1, 0.15) is 0 Å². The fraction of sp³-hybridized carbons (Fsp3) is 0.154. The minimum Gasteiger partial charge on any atom is -0.331 e. The van der Waals surface area contributed by atoms with Crippen molar-refractivity contribution in [1.29, 1.82) is 0 Å². The van der Waals surface area contributed by atoms with Crippen molar-refractivity contribution in [3.05, 3.63) is 49.6 Å². The molecular formula is C13H11Cl3N2OS. The van der Waals surface area contributed by atoms with Gasteiger partial charge in [-0.3, -0.25) is 0 Å². The smallest absolute Gasteiger partial charge is 0.319 e. The average molecular weight is 350 g/mol. The fourth-order valence-electron chi connectivity index (χ4n) is 1.58. The second-order valence-corrected chi connectivity index (χ2v) is 6.68. The molecule has 0 bridgehead atoms. The number of rotatable bonds is 3. The molecule has 2 aromatic rings. The molecule has 0 saturated carbocycles. The van der Waals surface area contributed by atoms with Crippen LogP contribution in [0.4, 0.5) is 10.5 Å². The minimum atomic E-state index is -0.341. The third-order valence-corrected chi connectivity index (χ3v) is 4.51. The second-order valence-electron chi connectivity index (χ2n) is 4.09. The molecule has 0 unspecified atom stereocenters. The number of benzene rings is 1. The number of halogens is 3. The van der Waals surface area contributed by atoms with E-state index >= 15 is 0 Å². The average Bonchev–Trinajstić information content (AvgIpc) is 2.79. The van der Waals surface area contributed by atoms with Gasteiger partial charge in [0, 0.05) is 9.90 Å². The van der Waals surface area contributed by atoms with E-state index in [0.717, 1.165) is 4.88 Å². The third-order valence-electron chi connectivity index (χ3n) is 2.55. The Bertz CT molecular complexity index is 630. The second kappa shape index (κ2) is 6.68. The van der Waals surface area contributed by atoms with E-state index in [1.165, 1.54) is 11.3 Å². The number of hydrogen-bond donors (Lipinski definition) is 2. The SMILES string of the molecule is C[C@H](NC(=O)Nc1ccc(Cl)cc1Cl)c1ccc(Cl)s1. The van der Waals surface area contributed by atoms with E-state index in [-0.39, 0.29) is 12.1 Å². The highest BCUT2D eigenvalue weighted by molar-refractivity contribution is 7.16. The van der Waals surface area contributed by atoms with Crippen LogP contribution in [-0.4, -0.2) is 6.03 Å². The van der Waals surface area contributed by atoms with E-state index in [1.54, 1.807) is 24.3 Å². The van der Waals surface area contributed by atoms with Crippen LogP contribution in [0.3, 0.4) is 0 Å². The van der Waals surface area contributed by atoms with Gasteiger partial charge in [-0.15, -0.1) is 11.3 Å². The van der Waals surface area contributed by atoms with E-state index in [4.69, 9.17) is 34.8 Å². The van der Waals surface area contributed by atoms with Crippen molar-refractivity contribution in [2.45, 2.75) is 13.0 Å². The van der Waals surface area contributed by atoms with Gasteiger partial charge >= 0.3 is 6.03 Å². The predicted molar refractivity (Wildman–Crippen MR) is 86.4 cm³/mol. The summed E-state index contributed by atoms with van der Waals surface area (Å²) >= 11 is 19.1. The molecule has 0 aliphatic heterocycles. The van der Waals surface area contributed by atoms with Crippen molar-refractivity contribution in [1.82, 2.24) is 5.32 Å². The number of carbonyl (C=O) groups is 1. The summed E-state index contributed by atoms with van der Waals surface area (Å²) in [7, 11) is 0. The van der Waals surface area contributed by atoms with Gasteiger partial charge in [-0.25, -0.2) is 4.79 Å². The first-order chi connectivity index (χ1) is 9.45. The molecule has 1 atom stereocenters. The minimum absolute atomic E-state index is 0.140. The Morgan fingerprint density at radius 1 is 1.20 bits per heavy atom. The molecule has 2 rings (SSSR count). The van der Waals surface area contributed by atoms with Crippen LogP contribution in [-0.2, 0) is 0 Å². The highest BCUT2D eigenvalue weighted by Gasteiger charge is 2.12. The number of carbonyl (C=O) groups excluding carboxylic acids is 1. The molecule has 20 heavy (non-hydrogen) atoms. The van der Waals surface area contributed by atoms with Gasteiger partial charge in [-0.05, 0) is 37.3 Å². The van der Waals surface area contributed by atoms with Gasteiger partial charge in [0.2, 0.25) is 0 Å². The van der Waals surface area contributed by atoms with Crippen molar-refractivity contribution in [2.24, 2.45) is 0 Å². The fourth-order valence-corrected chi connectivity index (χ4v) is 3.10. The molecule has 2 N–H and O–H groups in total. The maximum absolute atomic E-state index is 11.9. The number of amides is 2. The summed E-state index contributed by atoms with van der Waals surface area (Å²) in [6.07, 6.45) is 0. The van der Waals surface area contributed by atoms with Crippen LogP contribution >= 0.6 is 46.1 Å². The number of urea groups is 1. The zero-order valence-electron chi connectivity index (χ0n) is 10.4. The van der Waals surface area contributed by atoms with E-state index in [2.05, 4.69) is 10.6 Å². The van der Waals surface area contributed by atoms with Gasteiger partial charge in [0.25, 0.3) is 0 Å². The Morgan fingerprint density at radius 2 is 1.95 bits per heavy atom. The molecule has 0 fully saturated rings. The van der Waals surface area contributed by atoms with E-state index in [0.29, 0.717) is 20.1 Å². The zero-order valence-corrected chi connectivity index (χ0v) is 13.5. The molecule has 106 valence electrons. The molecule has 0 aliphatic rings. The Balaban J connectivity index is 1.98. The van der Waals surface area contributed by atoms with Crippen LogP contribution in [0.1, 0.15) is 17.8 Å². The summed E-state index contributed by atoms with van der Waals surface area (Å²) in [4.78, 5) is 12.9. The maximum atomic E-state index is 11.9. The molecule has 1 heterocycles. The molecule has 0 radical (unpaired) electrons. The lowest BCUT2D eigenvalue weighted by Gasteiger charge is -2.14. The molecule has 1 aromatic heterocycles. The summed E-state index contributed by atoms with van der Waals surface area (Å²) in [5, 5.41) is 6.39. The van der Waals surface area contributed by atoms with E-state index in [1.807, 2.05) is 13.0 Å². The van der Waals surface area contributed by atoms with E-state index < -0.39 is 0 Å². The van der Waals surface area contributed by atoms with Gasteiger partial charge in [0.05, 0.1) is 21.1 Å². The predicted octanol–water partition coefficient (Wildman–Crippen LogP) is 5.59. The van der Waals surface area contributed by atoms with Crippen molar-refractivity contribution in [3.63, 3.8) is 0 Å². The molecular weight excluding hydrogens is 339 g/mol. The molecule has 0 aliphatic carbocycles. The Labute approximate surface area is 135 Å². The first kappa shape index (κ1) is 15.4. The number of nitrogens with one attached hydrogen (secondary N) is 2. The van der Waals surface area contributed by atoms with Gasteiger partial charge in [0.15, 0.2) is 0 Å². The summed E-state index contributed by atoms with van der Waals surface area (Å²) in [6, 6.07) is 8.08. The van der Waals surface area contributed by atoms with Crippen LogP contribution in [0.2, 0.25) is 14.4 Å². The molecule has 1 aromatic carbocycles. The molecule has 0 saturated heterocycles. The van der Waals surface area contributed by atoms with Crippen LogP contribution in [0.5, 0.6) is 0 Å². The number of thiophene rings is 1.